The number of nitrogens with zero attached hydrogens (tertiary/aromatic N) is 3. The van der Waals surface area contributed by atoms with Crippen molar-refractivity contribution in [2.45, 2.75) is 6.92 Å². The molecule has 1 amide bonds. The summed E-state index contributed by atoms with van der Waals surface area (Å²) in [5.74, 6) is -0.840. The molecule has 9 heteroatoms. The van der Waals surface area contributed by atoms with E-state index in [4.69, 9.17) is 23.2 Å². The van der Waals surface area contributed by atoms with Gasteiger partial charge in [-0.2, -0.15) is 0 Å². The molecule has 0 fully saturated rings. The van der Waals surface area contributed by atoms with Crippen LogP contribution in [0.25, 0.3) is 0 Å². The molecule has 7 nitrogen and oxygen atoms in total. The lowest BCUT2D eigenvalue weighted by atomic mass is 10.1. The number of amides is 1. The first-order valence-corrected chi connectivity index (χ1v) is 6.39. The van der Waals surface area contributed by atoms with Gasteiger partial charge >= 0.3 is 0 Å². The van der Waals surface area contributed by atoms with E-state index in [0.717, 1.165) is 0 Å². The Bertz CT molecular complexity index is 716. The molecule has 0 aliphatic heterocycles. The number of hydrogen-bond donors (Lipinski definition) is 1. The third-order valence-electron chi connectivity index (χ3n) is 2.46. The lowest BCUT2D eigenvalue weighted by Gasteiger charge is -2.07. The molecular weight excluding hydrogens is 319 g/mol. The summed E-state index contributed by atoms with van der Waals surface area (Å²) in [5, 5.41) is 13.4. The Morgan fingerprint density at radius 2 is 2.05 bits per heavy atom. The van der Waals surface area contributed by atoms with Gasteiger partial charge < -0.3 is 0 Å². The average Bonchev–Trinajstić information content (AvgIpc) is 2.36. The number of anilines is 1. The zero-order chi connectivity index (χ0) is 15.6. The van der Waals surface area contributed by atoms with Crippen LogP contribution in [0.5, 0.6) is 0 Å². The summed E-state index contributed by atoms with van der Waals surface area (Å²) >= 11 is 11.6. The first-order valence-electron chi connectivity index (χ1n) is 5.64. The minimum absolute atomic E-state index is 0.0412. The molecular formula is C12H8Cl2N4O3. The van der Waals surface area contributed by atoms with Crippen LogP contribution in [-0.2, 0) is 0 Å². The van der Waals surface area contributed by atoms with E-state index in [1.165, 1.54) is 24.3 Å². The van der Waals surface area contributed by atoms with Gasteiger partial charge in [0.2, 0.25) is 5.95 Å². The van der Waals surface area contributed by atoms with Crippen LogP contribution >= 0.6 is 23.2 Å². The fourth-order valence-electron chi connectivity index (χ4n) is 1.64. The number of aromatic nitrogens is 2. The van der Waals surface area contributed by atoms with E-state index in [-0.39, 0.29) is 21.7 Å². The first-order chi connectivity index (χ1) is 9.88. The van der Waals surface area contributed by atoms with Crippen molar-refractivity contribution in [2.75, 3.05) is 5.32 Å². The second-order valence-electron chi connectivity index (χ2n) is 4.00. The van der Waals surface area contributed by atoms with E-state index in [1.54, 1.807) is 6.92 Å². The van der Waals surface area contributed by atoms with E-state index in [1.807, 2.05) is 0 Å². The molecule has 0 bridgehead atoms. The molecule has 1 aromatic heterocycles. The molecule has 2 aromatic rings. The maximum absolute atomic E-state index is 12.2. The van der Waals surface area contributed by atoms with Crippen LogP contribution in [0.15, 0.2) is 24.3 Å². The molecule has 0 aliphatic rings. The van der Waals surface area contributed by atoms with Crippen molar-refractivity contribution in [2.24, 2.45) is 0 Å². The summed E-state index contributed by atoms with van der Waals surface area (Å²) in [7, 11) is 0. The fraction of sp³-hybridized carbons (Fsp3) is 0.0833. The highest BCUT2D eigenvalue weighted by atomic mass is 35.5. The van der Waals surface area contributed by atoms with Gasteiger partial charge in [0.1, 0.15) is 10.7 Å². The number of rotatable bonds is 3. The van der Waals surface area contributed by atoms with Crippen LogP contribution in [0.3, 0.4) is 0 Å². The number of nitro groups is 1. The number of carbonyl (C=O) groups excluding carboxylic acids is 1. The Kier molecular flexibility index (Phi) is 4.35. The molecule has 1 N–H and O–H groups in total. The van der Waals surface area contributed by atoms with Crippen molar-refractivity contribution in [3.05, 3.63) is 55.8 Å². The Labute approximate surface area is 129 Å². The molecule has 0 atom stereocenters. The van der Waals surface area contributed by atoms with Gasteiger partial charge in [-0.25, -0.2) is 9.97 Å². The summed E-state index contributed by atoms with van der Waals surface area (Å²) in [5.41, 5.74) is -0.122. The molecule has 1 heterocycles. The number of nitro benzene ring substituents is 1. The third-order valence-corrected chi connectivity index (χ3v) is 2.97. The average molecular weight is 327 g/mol. The van der Waals surface area contributed by atoms with Crippen LogP contribution in [0.1, 0.15) is 16.1 Å². The summed E-state index contributed by atoms with van der Waals surface area (Å²) < 4.78 is 0. The number of nitrogens with one attached hydrogen (secondary N) is 1. The Hall–Kier alpha value is -2.25. The third kappa shape index (κ3) is 3.45. The van der Waals surface area contributed by atoms with Gasteiger partial charge in [-0.1, -0.05) is 29.3 Å². The van der Waals surface area contributed by atoms with Crippen molar-refractivity contribution in [1.82, 2.24) is 9.97 Å². The van der Waals surface area contributed by atoms with Gasteiger partial charge in [-0.15, -0.1) is 0 Å². The molecule has 2 rings (SSSR count). The second kappa shape index (κ2) is 6.02. The topological polar surface area (TPSA) is 98.0 Å². The van der Waals surface area contributed by atoms with Crippen molar-refractivity contribution in [3.63, 3.8) is 0 Å². The van der Waals surface area contributed by atoms with Crippen LogP contribution in [0.4, 0.5) is 11.6 Å². The van der Waals surface area contributed by atoms with E-state index in [9.17, 15) is 14.9 Å². The smallest absolute Gasteiger partial charge is 0.283 e. The molecule has 108 valence electrons. The zero-order valence-corrected chi connectivity index (χ0v) is 12.1. The lowest BCUT2D eigenvalue weighted by Crippen LogP contribution is -2.16. The predicted octanol–water partition coefficient (Wildman–Crippen LogP) is 3.25. The standard InChI is InChI=1S/C12H8Cl2N4O3/c1-6-5-9(14)16-12(15-6)17-11(19)10-7(13)3-2-4-8(10)18(20)21/h2-5H,1H3,(H,15,16,17,19). The highest BCUT2D eigenvalue weighted by molar-refractivity contribution is 6.35. The molecule has 0 unspecified atom stereocenters. The van der Waals surface area contributed by atoms with Gasteiger partial charge in [-0.3, -0.25) is 20.2 Å². The van der Waals surface area contributed by atoms with Crippen molar-refractivity contribution >= 4 is 40.7 Å². The molecule has 0 saturated heterocycles. The van der Waals surface area contributed by atoms with E-state index >= 15 is 0 Å². The van der Waals surface area contributed by atoms with Crippen LogP contribution in [0, 0.1) is 17.0 Å². The second-order valence-corrected chi connectivity index (χ2v) is 4.80. The molecule has 0 aliphatic carbocycles. The van der Waals surface area contributed by atoms with Crippen LogP contribution < -0.4 is 5.32 Å². The normalized spacial score (nSPS) is 10.2. The number of aryl methyl sites for hydroxylation is 1. The molecule has 0 saturated carbocycles. The molecule has 1 aromatic carbocycles. The SMILES string of the molecule is Cc1cc(Cl)nc(NC(=O)c2c(Cl)cccc2[N+](=O)[O-])n1. The molecule has 0 radical (unpaired) electrons. The molecule has 21 heavy (non-hydrogen) atoms. The first kappa shape index (κ1) is 15.1. The summed E-state index contributed by atoms with van der Waals surface area (Å²) in [4.78, 5) is 30.2. The minimum atomic E-state index is -0.783. The highest BCUT2D eigenvalue weighted by Crippen LogP contribution is 2.26. The fourth-order valence-corrected chi connectivity index (χ4v) is 2.13. The number of halogens is 2. The van der Waals surface area contributed by atoms with Gasteiger partial charge in [0.15, 0.2) is 0 Å². The monoisotopic (exact) mass is 326 g/mol. The lowest BCUT2D eigenvalue weighted by molar-refractivity contribution is -0.385. The summed E-state index contributed by atoms with van der Waals surface area (Å²) in [6.07, 6.45) is 0. The zero-order valence-electron chi connectivity index (χ0n) is 10.6. The van der Waals surface area contributed by atoms with Gasteiger partial charge in [0, 0.05) is 11.8 Å². The van der Waals surface area contributed by atoms with E-state index in [2.05, 4.69) is 15.3 Å². The van der Waals surface area contributed by atoms with Gasteiger partial charge in [-0.05, 0) is 19.1 Å². The van der Waals surface area contributed by atoms with E-state index < -0.39 is 16.5 Å². The predicted molar refractivity (Wildman–Crippen MR) is 77.8 cm³/mol. The largest absolute Gasteiger partial charge is 0.290 e. The number of hydrogen-bond acceptors (Lipinski definition) is 5. The Balaban J connectivity index is 2.39. The van der Waals surface area contributed by atoms with Crippen molar-refractivity contribution in [3.8, 4) is 0 Å². The van der Waals surface area contributed by atoms with E-state index in [0.29, 0.717) is 5.69 Å². The Morgan fingerprint density at radius 1 is 1.33 bits per heavy atom. The quantitative estimate of drug-likeness (QED) is 0.530. The number of carbonyl (C=O) groups is 1. The highest BCUT2D eigenvalue weighted by Gasteiger charge is 2.24. The van der Waals surface area contributed by atoms with Crippen molar-refractivity contribution < 1.29 is 9.72 Å². The van der Waals surface area contributed by atoms with Crippen LogP contribution in [-0.4, -0.2) is 20.8 Å². The summed E-state index contributed by atoms with van der Waals surface area (Å²) in [6.45, 7) is 1.67. The van der Waals surface area contributed by atoms with Crippen molar-refractivity contribution in [1.29, 1.82) is 0 Å². The maximum Gasteiger partial charge on any atom is 0.283 e. The summed E-state index contributed by atoms with van der Waals surface area (Å²) in [6, 6.07) is 5.46. The Morgan fingerprint density at radius 3 is 2.67 bits per heavy atom. The van der Waals surface area contributed by atoms with Crippen LogP contribution in [0.2, 0.25) is 10.2 Å². The van der Waals surface area contributed by atoms with Gasteiger partial charge in [0.25, 0.3) is 11.6 Å². The maximum atomic E-state index is 12.2. The van der Waals surface area contributed by atoms with Gasteiger partial charge in [0.05, 0.1) is 9.95 Å². The molecule has 0 spiro atoms. The number of benzene rings is 1. The minimum Gasteiger partial charge on any atom is -0.290 e.